The van der Waals surface area contributed by atoms with Crippen LogP contribution in [0.2, 0.25) is 0 Å². The second-order valence-electron chi connectivity index (χ2n) is 4.66. The lowest BCUT2D eigenvalue weighted by Gasteiger charge is -2.15. The van der Waals surface area contributed by atoms with Gasteiger partial charge in [-0.15, -0.1) is 0 Å². The fraction of sp³-hybridized carbons (Fsp3) is 0.500. The van der Waals surface area contributed by atoms with Crippen molar-refractivity contribution in [1.82, 2.24) is 4.98 Å². The summed E-state index contributed by atoms with van der Waals surface area (Å²) in [4.78, 5) is 24.6. The number of nitro groups is 1. The number of aromatic carboxylic acids is 1. The summed E-state index contributed by atoms with van der Waals surface area (Å²) in [6, 6.07) is 1.08. The van der Waals surface area contributed by atoms with Crippen LogP contribution < -0.4 is 4.74 Å². The summed E-state index contributed by atoms with van der Waals surface area (Å²) in [5.74, 6) is -0.876. The van der Waals surface area contributed by atoms with Crippen molar-refractivity contribution in [3.05, 3.63) is 27.9 Å². The molecule has 1 heterocycles. The first kappa shape index (κ1) is 14.9. The Morgan fingerprint density at radius 1 is 1.53 bits per heavy atom. The zero-order valence-corrected chi connectivity index (χ0v) is 11.0. The third kappa shape index (κ3) is 4.20. The Labute approximate surface area is 110 Å². The van der Waals surface area contributed by atoms with Gasteiger partial charge in [0.2, 0.25) is 5.88 Å². The minimum Gasteiger partial charge on any atom is -0.477 e. The third-order valence-electron chi connectivity index (χ3n) is 2.41. The molecule has 0 saturated heterocycles. The summed E-state index contributed by atoms with van der Waals surface area (Å²) >= 11 is 0. The van der Waals surface area contributed by atoms with E-state index in [1.54, 1.807) is 0 Å². The van der Waals surface area contributed by atoms with Crippen LogP contribution in [0.1, 0.15) is 37.6 Å². The molecule has 0 aliphatic rings. The number of hydrogen-bond acceptors (Lipinski definition) is 5. The normalized spacial score (nSPS) is 12.2. The van der Waals surface area contributed by atoms with Crippen LogP contribution in [0.5, 0.6) is 5.88 Å². The van der Waals surface area contributed by atoms with E-state index in [1.807, 2.05) is 20.8 Å². The van der Waals surface area contributed by atoms with Crippen molar-refractivity contribution in [3.63, 3.8) is 0 Å². The molecule has 0 radical (unpaired) electrons. The van der Waals surface area contributed by atoms with Crippen molar-refractivity contribution < 1.29 is 19.6 Å². The number of carboxylic acid groups (broad SMARTS) is 1. The van der Waals surface area contributed by atoms with Gasteiger partial charge in [-0.2, -0.15) is 0 Å². The highest BCUT2D eigenvalue weighted by Gasteiger charge is 2.22. The smallest absolute Gasteiger partial charge is 0.342 e. The number of nitrogens with zero attached hydrogens (tertiary/aromatic N) is 2. The van der Waals surface area contributed by atoms with E-state index in [4.69, 9.17) is 9.84 Å². The van der Waals surface area contributed by atoms with Gasteiger partial charge in [0, 0.05) is 6.07 Å². The van der Waals surface area contributed by atoms with Gasteiger partial charge in [-0.1, -0.05) is 13.8 Å². The number of aromatic nitrogens is 1. The van der Waals surface area contributed by atoms with Gasteiger partial charge in [-0.3, -0.25) is 10.1 Å². The average molecular weight is 268 g/mol. The first-order valence-electron chi connectivity index (χ1n) is 5.85. The Morgan fingerprint density at radius 2 is 2.16 bits per heavy atom. The van der Waals surface area contributed by atoms with Gasteiger partial charge in [0.1, 0.15) is 11.8 Å². The van der Waals surface area contributed by atoms with Crippen LogP contribution in [0, 0.1) is 16.0 Å². The van der Waals surface area contributed by atoms with Gasteiger partial charge >= 0.3 is 11.7 Å². The minimum atomic E-state index is -1.38. The van der Waals surface area contributed by atoms with Crippen LogP contribution in [-0.2, 0) is 0 Å². The van der Waals surface area contributed by atoms with Crippen molar-refractivity contribution >= 4 is 11.7 Å². The first-order chi connectivity index (χ1) is 8.81. The van der Waals surface area contributed by atoms with E-state index in [0.29, 0.717) is 5.92 Å². The Balaban J connectivity index is 2.96. The molecule has 1 rings (SSSR count). The third-order valence-corrected chi connectivity index (χ3v) is 2.41. The van der Waals surface area contributed by atoms with Crippen LogP contribution in [0.15, 0.2) is 12.3 Å². The van der Waals surface area contributed by atoms with E-state index in [-0.39, 0.29) is 12.0 Å². The van der Waals surface area contributed by atoms with E-state index in [0.717, 1.165) is 18.7 Å². The minimum absolute atomic E-state index is 0.0798. The molecule has 104 valence electrons. The maximum atomic E-state index is 11.0. The topological polar surface area (TPSA) is 103 Å². The Morgan fingerprint density at radius 3 is 2.63 bits per heavy atom. The number of pyridine rings is 1. The number of carboxylic acids is 1. The van der Waals surface area contributed by atoms with E-state index in [9.17, 15) is 14.9 Å². The number of carbonyl (C=O) groups is 1. The van der Waals surface area contributed by atoms with E-state index in [1.165, 1.54) is 0 Å². The molecule has 0 aliphatic heterocycles. The molecule has 0 aliphatic carbocycles. The van der Waals surface area contributed by atoms with Gasteiger partial charge in [-0.25, -0.2) is 9.78 Å². The summed E-state index contributed by atoms with van der Waals surface area (Å²) in [6.07, 6.45) is 1.54. The number of rotatable bonds is 6. The van der Waals surface area contributed by atoms with E-state index < -0.39 is 22.1 Å². The Hall–Kier alpha value is -2.18. The predicted molar refractivity (Wildman–Crippen MR) is 67.4 cm³/mol. The van der Waals surface area contributed by atoms with E-state index in [2.05, 4.69) is 4.98 Å². The Bertz CT molecular complexity index is 487. The van der Waals surface area contributed by atoms with Crippen LogP contribution in [-0.4, -0.2) is 27.1 Å². The highest BCUT2D eigenvalue weighted by atomic mass is 16.6. The standard InChI is InChI=1S/C12H16N2O5/c1-7(2)4-8(3)19-11-5-9(12(15)16)10(6-13-11)14(17)18/h5-8H,4H2,1-3H3,(H,15,16). The molecule has 7 nitrogen and oxygen atoms in total. The first-order valence-corrected chi connectivity index (χ1v) is 5.85. The maximum Gasteiger partial charge on any atom is 0.342 e. The van der Waals surface area contributed by atoms with Crippen LogP contribution in [0.4, 0.5) is 5.69 Å². The van der Waals surface area contributed by atoms with Gasteiger partial charge in [0.25, 0.3) is 0 Å². The van der Waals surface area contributed by atoms with Crippen molar-refractivity contribution in [2.24, 2.45) is 5.92 Å². The molecule has 0 amide bonds. The second kappa shape index (κ2) is 6.12. The summed E-state index contributed by atoms with van der Waals surface area (Å²) < 4.78 is 5.45. The van der Waals surface area contributed by atoms with Crippen molar-refractivity contribution in [2.45, 2.75) is 33.3 Å². The molecule has 0 aromatic carbocycles. The molecular formula is C12H16N2O5. The maximum absolute atomic E-state index is 11.0. The Kier molecular flexibility index (Phi) is 4.80. The fourth-order valence-corrected chi connectivity index (χ4v) is 1.73. The molecular weight excluding hydrogens is 252 g/mol. The zero-order valence-electron chi connectivity index (χ0n) is 11.0. The molecule has 1 atom stereocenters. The van der Waals surface area contributed by atoms with Gasteiger partial charge in [-0.05, 0) is 19.3 Å². The zero-order chi connectivity index (χ0) is 14.6. The molecule has 1 aromatic heterocycles. The lowest BCUT2D eigenvalue weighted by atomic mass is 10.1. The van der Waals surface area contributed by atoms with Crippen molar-refractivity contribution in [2.75, 3.05) is 0 Å². The summed E-state index contributed by atoms with van der Waals surface area (Å²) in [6.45, 7) is 5.90. The lowest BCUT2D eigenvalue weighted by molar-refractivity contribution is -0.385. The van der Waals surface area contributed by atoms with Gasteiger partial charge in [0.05, 0.1) is 11.0 Å². The summed E-state index contributed by atoms with van der Waals surface area (Å²) in [5, 5.41) is 19.6. The molecule has 0 saturated carbocycles. The molecule has 19 heavy (non-hydrogen) atoms. The fourth-order valence-electron chi connectivity index (χ4n) is 1.73. The van der Waals surface area contributed by atoms with Gasteiger partial charge in [0.15, 0.2) is 0 Å². The molecule has 0 spiro atoms. The molecule has 7 heteroatoms. The van der Waals surface area contributed by atoms with Gasteiger partial charge < -0.3 is 9.84 Å². The van der Waals surface area contributed by atoms with Crippen molar-refractivity contribution in [3.8, 4) is 5.88 Å². The highest BCUT2D eigenvalue weighted by Crippen LogP contribution is 2.22. The van der Waals surface area contributed by atoms with Crippen LogP contribution >= 0.6 is 0 Å². The molecule has 1 aromatic rings. The van der Waals surface area contributed by atoms with Crippen molar-refractivity contribution in [1.29, 1.82) is 0 Å². The average Bonchev–Trinajstić information content (AvgIpc) is 2.27. The summed E-state index contributed by atoms with van der Waals surface area (Å²) in [7, 11) is 0. The summed E-state index contributed by atoms with van der Waals surface area (Å²) in [5.41, 5.74) is -0.969. The quantitative estimate of drug-likeness (QED) is 0.628. The molecule has 1 N–H and O–H groups in total. The van der Waals surface area contributed by atoms with Crippen LogP contribution in [0.3, 0.4) is 0 Å². The second-order valence-corrected chi connectivity index (χ2v) is 4.66. The molecule has 1 unspecified atom stereocenters. The predicted octanol–water partition coefficient (Wildman–Crippen LogP) is 2.50. The van der Waals surface area contributed by atoms with E-state index >= 15 is 0 Å². The number of hydrogen-bond donors (Lipinski definition) is 1. The highest BCUT2D eigenvalue weighted by molar-refractivity contribution is 5.92. The molecule has 0 bridgehead atoms. The lowest BCUT2D eigenvalue weighted by Crippen LogP contribution is -2.16. The van der Waals surface area contributed by atoms with Crippen LogP contribution in [0.25, 0.3) is 0 Å². The molecule has 0 fully saturated rings. The number of ether oxygens (including phenoxy) is 1. The monoisotopic (exact) mass is 268 g/mol. The SMILES string of the molecule is CC(C)CC(C)Oc1cc(C(=O)O)c([N+](=O)[O-])cn1. The largest absolute Gasteiger partial charge is 0.477 e.